The van der Waals surface area contributed by atoms with Crippen molar-refractivity contribution >= 4 is 5.91 Å². The third kappa shape index (κ3) is 3.67. The largest absolute Gasteiger partial charge is 0.507 e. The van der Waals surface area contributed by atoms with Crippen molar-refractivity contribution in [2.24, 2.45) is 5.92 Å². The lowest BCUT2D eigenvalue weighted by atomic mass is 10.1. The summed E-state index contributed by atoms with van der Waals surface area (Å²) in [4.78, 5) is 14.6. The first kappa shape index (κ1) is 15.6. The summed E-state index contributed by atoms with van der Waals surface area (Å²) in [6.07, 6.45) is 2.31. The number of phenolic OH excluding ortho intramolecular Hbond substituents is 1. The molecular weight excluding hydrogens is 270 g/mol. The number of hydrogen-bond donors (Lipinski definition) is 1. The number of rotatable bonds is 7. The van der Waals surface area contributed by atoms with Crippen LogP contribution in [0.25, 0.3) is 0 Å². The first-order valence-electron chi connectivity index (χ1n) is 7.25. The van der Waals surface area contributed by atoms with Crippen molar-refractivity contribution in [3.8, 4) is 11.5 Å². The van der Waals surface area contributed by atoms with E-state index < -0.39 is 0 Å². The Hall–Kier alpha value is -1.75. The predicted octanol–water partition coefficient (Wildman–Crippen LogP) is 2.29. The fraction of sp³-hybridized carbons (Fsp3) is 0.562. The van der Waals surface area contributed by atoms with E-state index in [1.54, 1.807) is 24.1 Å². The van der Waals surface area contributed by atoms with Gasteiger partial charge >= 0.3 is 0 Å². The monoisotopic (exact) mass is 293 g/mol. The van der Waals surface area contributed by atoms with E-state index in [1.165, 1.54) is 13.2 Å². The summed E-state index contributed by atoms with van der Waals surface area (Å²) < 4.78 is 10.2. The molecule has 1 atom stereocenters. The number of hydrogen-bond acceptors (Lipinski definition) is 4. The molecule has 1 amide bonds. The minimum absolute atomic E-state index is 0.0220. The standard InChI is InChI=1S/C16H23NO4/c1-11(12-4-5-12)17(8-9-20-2)16(19)14-10-13(21-3)6-7-15(14)18/h6-7,10-12,18H,4-5,8-9H2,1-3H3. The van der Waals surface area contributed by atoms with Crippen molar-refractivity contribution in [2.45, 2.75) is 25.8 Å². The van der Waals surface area contributed by atoms with E-state index in [0.29, 0.717) is 24.8 Å². The van der Waals surface area contributed by atoms with Gasteiger partial charge in [0.15, 0.2) is 0 Å². The molecule has 0 radical (unpaired) electrons. The van der Waals surface area contributed by atoms with E-state index in [4.69, 9.17) is 9.47 Å². The summed E-state index contributed by atoms with van der Waals surface area (Å²) in [5.74, 6) is 0.912. The second kappa shape index (κ2) is 6.80. The van der Waals surface area contributed by atoms with E-state index in [0.717, 1.165) is 12.8 Å². The van der Waals surface area contributed by atoms with Gasteiger partial charge in [0.2, 0.25) is 0 Å². The van der Waals surface area contributed by atoms with Gasteiger partial charge < -0.3 is 19.5 Å². The quantitative estimate of drug-likeness (QED) is 0.838. The van der Waals surface area contributed by atoms with Crippen LogP contribution in [-0.4, -0.2) is 49.3 Å². The van der Waals surface area contributed by atoms with Crippen LogP contribution in [0.5, 0.6) is 11.5 Å². The first-order valence-corrected chi connectivity index (χ1v) is 7.25. The number of benzene rings is 1. The van der Waals surface area contributed by atoms with E-state index in [1.807, 2.05) is 0 Å². The van der Waals surface area contributed by atoms with Crippen LogP contribution in [0.1, 0.15) is 30.1 Å². The van der Waals surface area contributed by atoms with Gasteiger partial charge in [-0.05, 0) is 43.9 Å². The second-order valence-corrected chi connectivity index (χ2v) is 5.45. The topological polar surface area (TPSA) is 59.0 Å². The molecule has 2 rings (SSSR count). The molecule has 5 heteroatoms. The molecule has 1 N–H and O–H groups in total. The smallest absolute Gasteiger partial charge is 0.258 e. The SMILES string of the molecule is COCCN(C(=O)c1cc(OC)ccc1O)C(C)C1CC1. The van der Waals surface area contributed by atoms with Crippen LogP contribution in [0.15, 0.2) is 18.2 Å². The molecule has 0 saturated heterocycles. The number of methoxy groups -OCH3 is 2. The first-order chi connectivity index (χ1) is 10.1. The minimum Gasteiger partial charge on any atom is -0.507 e. The van der Waals surface area contributed by atoms with Crippen LogP contribution < -0.4 is 4.74 Å². The Kier molecular flexibility index (Phi) is 5.07. The van der Waals surface area contributed by atoms with Gasteiger partial charge in [0.25, 0.3) is 5.91 Å². The summed E-state index contributed by atoms with van der Waals surface area (Å²) in [7, 11) is 3.16. The number of carbonyl (C=O) groups excluding carboxylic acids is 1. The summed E-state index contributed by atoms with van der Waals surface area (Å²) >= 11 is 0. The molecule has 5 nitrogen and oxygen atoms in total. The highest BCUT2D eigenvalue weighted by Crippen LogP contribution is 2.36. The molecule has 1 aromatic carbocycles. The second-order valence-electron chi connectivity index (χ2n) is 5.45. The Morgan fingerprint density at radius 1 is 1.43 bits per heavy atom. The molecule has 1 unspecified atom stereocenters. The van der Waals surface area contributed by atoms with Crippen molar-refractivity contribution in [2.75, 3.05) is 27.4 Å². The lowest BCUT2D eigenvalue weighted by Gasteiger charge is -2.29. The molecule has 0 aromatic heterocycles. The lowest BCUT2D eigenvalue weighted by molar-refractivity contribution is 0.0591. The number of phenols is 1. The zero-order valence-corrected chi connectivity index (χ0v) is 12.8. The summed E-state index contributed by atoms with van der Waals surface area (Å²) in [6.45, 7) is 3.06. The highest BCUT2D eigenvalue weighted by atomic mass is 16.5. The van der Waals surface area contributed by atoms with Crippen LogP contribution in [0.4, 0.5) is 0 Å². The zero-order valence-electron chi connectivity index (χ0n) is 12.8. The number of ether oxygens (including phenoxy) is 2. The molecule has 1 aliphatic carbocycles. The normalized spacial score (nSPS) is 15.6. The Labute approximate surface area is 125 Å². The molecule has 1 saturated carbocycles. The number of carbonyl (C=O) groups is 1. The molecule has 1 aliphatic rings. The Morgan fingerprint density at radius 3 is 2.71 bits per heavy atom. The van der Waals surface area contributed by atoms with E-state index in [-0.39, 0.29) is 23.3 Å². The number of nitrogens with zero attached hydrogens (tertiary/aromatic N) is 1. The maximum absolute atomic E-state index is 12.8. The van der Waals surface area contributed by atoms with Crippen LogP contribution in [-0.2, 0) is 4.74 Å². The average Bonchev–Trinajstić information content (AvgIpc) is 3.32. The van der Waals surface area contributed by atoms with Crippen molar-refractivity contribution in [1.29, 1.82) is 0 Å². The lowest BCUT2D eigenvalue weighted by Crippen LogP contribution is -2.42. The molecule has 116 valence electrons. The zero-order chi connectivity index (χ0) is 15.4. The number of aromatic hydroxyl groups is 1. The van der Waals surface area contributed by atoms with Gasteiger partial charge in [-0.15, -0.1) is 0 Å². The van der Waals surface area contributed by atoms with Crippen molar-refractivity contribution in [3.63, 3.8) is 0 Å². The average molecular weight is 293 g/mol. The Bertz CT molecular complexity index is 499. The van der Waals surface area contributed by atoms with Gasteiger partial charge in [0.1, 0.15) is 11.5 Å². The van der Waals surface area contributed by atoms with Crippen molar-refractivity contribution in [3.05, 3.63) is 23.8 Å². The highest BCUT2D eigenvalue weighted by molar-refractivity contribution is 5.97. The van der Waals surface area contributed by atoms with Gasteiger partial charge in [-0.3, -0.25) is 4.79 Å². The van der Waals surface area contributed by atoms with Gasteiger partial charge in [0, 0.05) is 19.7 Å². The summed E-state index contributed by atoms with van der Waals surface area (Å²) in [5, 5.41) is 9.98. The van der Waals surface area contributed by atoms with E-state index in [2.05, 4.69) is 6.92 Å². The van der Waals surface area contributed by atoms with Crippen LogP contribution in [0.2, 0.25) is 0 Å². The fourth-order valence-corrected chi connectivity index (χ4v) is 2.48. The molecule has 21 heavy (non-hydrogen) atoms. The molecule has 1 aromatic rings. The molecule has 0 bridgehead atoms. The maximum Gasteiger partial charge on any atom is 0.258 e. The fourth-order valence-electron chi connectivity index (χ4n) is 2.48. The third-order valence-electron chi connectivity index (χ3n) is 4.03. The van der Waals surface area contributed by atoms with Crippen LogP contribution >= 0.6 is 0 Å². The summed E-state index contributed by atoms with van der Waals surface area (Å²) in [5.41, 5.74) is 0.276. The molecule has 1 fully saturated rings. The van der Waals surface area contributed by atoms with Gasteiger partial charge in [-0.25, -0.2) is 0 Å². The molecule has 0 heterocycles. The van der Waals surface area contributed by atoms with E-state index >= 15 is 0 Å². The Balaban J connectivity index is 2.23. The number of amides is 1. The van der Waals surface area contributed by atoms with E-state index in [9.17, 15) is 9.90 Å². The third-order valence-corrected chi connectivity index (χ3v) is 4.03. The van der Waals surface area contributed by atoms with Crippen LogP contribution in [0, 0.1) is 5.92 Å². The summed E-state index contributed by atoms with van der Waals surface area (Å²) in [6, 6.07) is 4.85. The maximum atomic E-state index is 12.8. The minimum atomic E-state index is -0.178. The highest BCUT2D eigenvalue weighted by Gasteiger charge is 2.35. The molecule has 0 spiro atoms. The van der Waals surface area contributed by atoms with Crippen molar-refractivity contribution < 1.29 is 19.4 Å². The molecular formula is C16H23NO4. The van der Waals surface area contributed by atoms with Crippen molar-refractivity contribution in [1.82, 2.24) is 4.90 Å². The van der Waals surface area contributed by atoms with Gasteiger partial charge in [-0.1, -0.05) is 0 Å². The molecule has 0 aliphatic heterocycles. The Morgan fingerprint density at radius 2 is 2.14 bits per heavy atom. The predicted molar refractivity (Wildman–Crippen MR) is 79.8 cm³/mol. The van der Waals surface area contributed by atoms with Gasteiger partial charge in [-0.2, -0.15) is 0 Å². The van der Waals surface area contributed by atoms with Gasteiger partial charge in [0.05, 0.1) is 19.3 Å². The van der Waals surface area contributed by atoms with Crippen LogP contribution in [0.3, 0.4) is 0 Å².